The second-order valence-corrected chi connectivity index (χ2v) is 7.30. The molecule has 8 heteroatoms. The Morgan fingerprint density at radius 1 is 1.60 bits per heavy atom. The van der Waals surface area contributed by atoms with E-state index in [1.807, 2.05) is 13.8 Å². The van der Waals surface area contributed by atoms with Crippen LogP contribution >= 0.6 is 0 Å². The number of aromatic nitrogens is 2. The third-order valence-electron chi connectivity index (χ3n) is 3.27. The first-order valence-corrected chi connectivity index (χ1v) is 8.10. The van der Waals surface area contributed by atoms with Crippen molar-refractivity contribution in [2.75, 3.05) is 13.2 Å². The maximum absolute atomic E-state index is 12.3. The van der Waals surface area contributed by atoms with E-state index in [2.05, 4.69) is 9.82 Å². The first-order chi connectivity index (χ1) is 9.32. The zero-order valence-corrected chi connectivity index (χ0v) is 12.6. The van der Waals surface area contributed by atoms with Gasteiger partial charge in [0.05, 0.1) is 24.9 Å². The summed E-state index contributed by atoms with van der Waals surface area (Å²) in [6, 6.07) is -0.134. The summed E-state index contributed by atoms with van der Waals surface area (Å²) in [5, 5.41) is 12.7. The van der Waals surface area contributed by atoms with Gasteiger partial charge in [0.1, 0.15) is 4.90 Å². The van der Waals surface area contributed by atoms with E-state index in [0.717, 1.165) is 0 Å². The molecule has 1 atom stereocenters. The molecule has 0 radical (unpaired) electrons. The largest absolute Gasteiger partial charge is 0.394 e. The summed E-state index contributed by atoms with van der Waals surface area (Å²) >= 11 is 0. The van der Waals surface area contributed by atoms with Crippen molar-refractivity contribution in [2.45, 2.75) is 49.8 Å². The van der Waals surface area contributed by atoms with Crippen LogP contribution < -0.4 is 4.72 Å². The van der Waals surface area contributed by atoms with Gasteiger partial charge < -0.3 is 9.84 Å². The van der Waals surface area contributed by atoms with Gasteiger partial charge in [-0.25, -0.2) is 13.1 Å². The standard InChI is InChI=1S/C12H21N3O4S/c1-12(2)7-10(3-6-19-12)14-20(17,18)11-8-13-15(9-11)4-5-16/h8-10,14,16H,3-7H2,1-2H3. The number of aliphatic hydroxyl groups excluding tert-OH is 1. The number of sulfonamides is 1. The lowest BCUT2D eigenvalue weighted by Gasteiger charge is -2.35. The fourth-order valence-corrected chi connectivity index (χ4v) is 3.55. The Morgan fingerprint density at radius 2 is 2.35 bits per heavy atom. The average Bonchev–Trinajstić information content (AvgIpc) is 2.77. The SMILES string of the molecule is CC1(C)CC(NS(=O)(=O)c2cnn(CCO)c2)CCO1. The van der Waals surface area contributed by atoms with E-state index in [9.17, 15) is 8.42 Å². The van der Waals surface area contributed by atoms with Gasteiger partial charge in [0.2, 0.25) is 10.0 Å². The number of hydrogen-bond acceptors (Lipinski definition) is 5. The topological polar surface area (TPSA) is 93.5 Å². The molecule has 7 nitrogen and oxygen atoms in total. The molecule has 1 aliphatic rings. The fraction of sp³-hybridized carbons (Fsp3) is 0.750. The highest BCUT2D eigenvalue weighted by atomic mass is 32.2. The Morgan fingerprint density at radius 3 is 3.00 bits per heavy atom. The molecule has 0 saturated carbocycles. The molecule has 1 aromatic heterocycles. The Balaban J connectivity index is 2.06. The van der Waals surface area contributed by atoms with Crippen LogP contribution in [-0.2, 0) is 21.3 Å². The minimum atomic E-state index is -3.58. The van der Waals surface area contributed by atoms with Crippen molar-refractivity contribution in [3.63, 3.8) is 0 Å². The first kappa shape index (κ1) is 15.4. The van der Waals surface area contributed by atoms with E-state index in [1.54, 1.807) is 0 Å². The predicted octanol–water partition coefficient (Wildman–Crippen LogP) is 0.111. The lowest BCUT2D eigenvalue weighted by Crippen LogP contribution is -2.45. The van der Waals surface area contributed by atoms with Crippen molar-refractivity contribution in [1.82, 2.24) is 14.5 Å². The number of nitrogens with zero attached hydrogens (tertiary/aromatic N) is 2. The lowest BCUT2D eigenvalue weighted by molar-refractivity contribution is -0.0599. The molecule has 0 amide bonds. The van der Waals surface area contributed by atoms with Gasteiger partial charge in [0.15, 0.2) is 0 Å². The highest BCUT2D eigenvalue weighted by Gasteiger charge is 2.31. The van der Waals surface area contributed by atoms with Gasteiger partial charge in [-0.15, -0.1) is 0 Å². The molecule has 114 valence electrons. The maximum Gasteiger partial charge on any atom is 0.243 e. The molecule has 2 heterocycles. The van der Waals surface area contributed by atoms with Gasteiger partial charge in [-0.3, -0.25) is 4.68 Å². The molecule has 1 fully saturated rings. The third kappa shape index (κ3) is 3.78. The molecule has 0 aromatic carbocycles. The summed E-state index contributed by atoms with van der Waals surface area (Å²) in [4.78, 5) is 0.121. The summed E-state index contributed by atoms with van der Waals surface area (Å²) in [6.45, 7) is 4.64. The fourth-order valence-electron chi connectivity index (χ4n) is 2.33. The molecule has 0 bridgehead atoms. The molecule has 1 unspecified atom stereocenters. The number of aliphatic hydroxyl groups is 1. The zero-order valence-electron chi connectivity index (χ0n) is 11.7. The number of rotatable bonds is 5. The van der Waals surface area contributed by atoms with Gasteiger partial charge in [-0.05, 0) is 26.7 Å². The van der Waals surface area contributed by atoms with Crippen LogP contribution in [0.15, 0.2) is 17.3 Å². The molecule has 1 saturated heterocycles. The van der Waals surface area contributed by atoms with Crippen molar-refractivity contribution in [3.05, 3.63) is 12.4 Å². The number of nitrogens with one attached hydrogen (secondary N) is 1. The van der Waals surface area contributed by atoms with Crippen LogP contribution in [0.4, 0.5) is 0 Å². The average molecular weight is 303 g/mol. The van der Waals surface area contributed by atoms with Crippen LogP contribution in [-0.4, -0.2) is 48.2 Å². The van der Waals surface area contributed by atoms with Gasteiger partial charge in [-0.1, -0.05) is 0 Å². The Bertz CT molecular complexity index is 553. The van der Waals surface area contributed by atoms with Crippen LogP contribution in [0.5, 0.6) is 0 Å². The quantitative estimate of drug-likeness (QED) is 0.805. The highest BCUT2D eigenvalue weighted by molar-refractivity contribution is 7.89. The molecule has 20 heavy (non-hydrogen) atoms. The second-order valence-electron chi connectivity index (χ2n) is 5.58. The Hall–Kier alpha value is -0.960. The van der Waals surface area contributed by atoms with Crippen LogP contribution in [0, 0.1) is 0 Å². The van der Waals surface area contributed by atoms with Crippen LogP contribution in [0.1, 0.15) is 26.7 Å². The van der Waals surface area contributed by atoms with Crippen LogP contribution in [0.2, 0.25) is 0 Å². The minimum Gasteiger partial charge on any atom is -0.394 e. The Labute approximate surface area is 119 Å². The molecule has 2 N–H and O–H groups in total. The van der Waals surface area contributed by atoms with Crippen molar-refractivity contribution < 1.29 is 18.3 Å². The van der Waals surface area contributed by atoms with Crippen molar-refractivity contribution in [1.29, 1.82) is 0 Å². The summed E-state index contributed by atoms with van der Waals surface area (Å²) in [5.41, 5.74) is -0.313. The molecule has 1 aliphatic heterocycles. The first-order valence-electron chi connectivity index (χ1n) is 6.62. The monoisotopic (exact) mass is 303 g/mol. The van der Waals surface area contributed by atoms with E-state index in [4.69, 9.17) is 9.84 Å². The minimum absolute atomic E-state index is 0.0806. The Kier molecular flexibility index (Phi) is 4.48. The summed E-state index contributed by atoms with van der Waals surface area (Å²) in [5.74, 6) is 0. The van der Waals surface area contributed by atoms with Crippen molar-refractivity contribution >= 4 is 10.0 Å². The molecule has 1 aromatic rings. The van der Waals surface area contributed by atoms with E-state index in [-0.39, 0.29) is 29.7 Å². The van der Waals surface area contributed by atoms with Gasteiger partial charge in [0.25, 0.3) is 0 Å². The molecular weight excluding hydrogens is 282 g/mol. The molecule has 0 aliphatic carbocycles. The lowest BCUT2D eigenvalue weighted by atomic mass is 9.95. The number of hydrogen-bond donors (Lipinski definition) is 2. The van der Waals surface area contributed by atoms with Gasteiger partial charge in [-0.2, -0.15) is 5.10 Å². The van der Waals surface area contributed by atoms with E-state index in [1.165, 1.54) is 17.1 Å². The molecule has 2 rings (SSSR count). The highest BCUT2D eigenvalue weighted by Crippen LogP contribution is 2.25. The van der Waals surface area contributed by atoms with Crippen LogP contribution in [0.25, 0.3) is 0 Å². The predicted molar refractivity (Wildman–Crippen MR) is 72.7 cm³/mol. The van der Waals surface area contributed by atoms with E-state index < -0.39 is 10.0 Å². The number of ether oxygens (including phenoxy) is 1. The molecule has 0 spiro atoms. The summed E-state index contributed by atoms with van der Waals surface area (Å²) < 4.78 is 34.2. The third-order valence-corrected chi connectivity index (χ3v) is 4.74. The normalized spacial score (nSPS) is 22.9. The van der Waals surface area contributed by atoms with Crippen molar-refractivity contribution in [3.8, 4) is 0 Å². The summed E-state index contributed by atoms with van der Waals surface area (Å²) in [6.07, 6.45) is 4.01. The van der Waals surface area contributed by atoms with Crippen LogP contribution in [0.3, 0.4) is 0 Å². The zero-order chi connectivity index (χ0) is 14.8. The second kappa shape index (κ2) is 5.80. The van der Waals surface area contributed by atoms with E-state index in [0.29, 0.717) is 19.4 Å². The van der Waals surface area contributed by atoms with Gasteiger partial charge >= 0.3 is 0 Å². The smallest absolute Gasteiger partial charge is 0.243 e. The van der Waals surface area contributed by atoms with Crippen molar-refractivity contribution in [2.24, 2.45) is 0 Å². The molecular formula is C12H21N3O4S. The van der Waals surface area contributed by atoms with E-state index >= 15 is 0 Å². The maximum atomic E-state index is 12.3. The summed E-state index contributed by atoms with van der Waals surface area (Å²) in [7, 11) is -3.58. The van der Waals surface area contributed by atoms with Gasteiger partial charge in [0, 0.05) is 18.8 Å².